The first-order chi connectivity index (χ1) is 18.5. The van der Waals surface area contributed by atoms with Crippen molar-refractivity contribution >= 4 is 29.0 Å². The van der Waals surface area contributed by atoms with E-state index < -0.39 is 0 Å². The van der Waals surface area contributed by atoms with E-state index in [9.17, 15) is 9.59 Å². The van der Waals surface area contributed by atoms with Crippen LogP contribution in [-0.4, -0.2) is 43.0 Å². The van der Waals surface area contributed by atoms with E-state index in [0.29, 0.717) is 22.7 Å². The van der Waals surface area contributed by atoms with Gasteiger partial charge in [-0.05, 0) is 79.2 Å². The van der Waals surface area contributed by atoms with E-state index in [1.54, 1.807) is 12.1 Å². The zero-order valence-corrected chi connectivity index (χ0v) is 21.2. The fraction of sp³-hybridized carbons (Fsp3) is 0.161. The summed E-state index contributed by atoms with van der Waals surface area (Å²) in [6.07, 6.45) is 0.909. The summed E-state index contributed by atoms with van der Waals surface area (Å²) >= 11 is 0. The Morgan fingerprint density at radius 2 is 1.32 bits per heavy atom. The van der Waals surface area contributed by atoms with Crippen LogP contribution in [0.25, 0.3) is 0 Å². The second kappa shape index (κ2) is 11.5. The monoisotopic (exact) mass is 506 g/mol. The number of carbonyl (C=O) groups is 2. The van der Waals surface area contributed by atoms with Crippen molar-refractivity contribution in [2.45, 2.75) is 12.5 Å². The van der Waals surface area contributed by atoms with E-state index in [4.69, 9.17) is 4.74 Å². The summed E-state index contributed by atoms with van der Waals surface area (Å²) in [5.41, 5.74) is 3.13. The predicted molar refractivity (Wildman–Crippen MR) is 151 cm³/mol. The van der Waals surface area contributed by atoms with Crippen molar-refractivity contribution in [3.63, 3.8) is 0 Å². The minimum atomic E-state index is -0.322. The van der Waals surface area contributed by atoms with Gasteiger partial charge in [0.2, 0.25) is 0 Å². The lowest BCUT2D eigenvalue weighted by molar-refractivity contribution is 0.0745. The topological polar surface area (TPSA) is 73.9 Å². The molecular weight excluding hydrogens is 476 g/mol. The zero-order chi connectivity index (χ0) is 26.3. The summed E-state index contributed by atoms with van der Waals surface area (Å²) in [6.45, 7) is 1.64. The van der Waals surface area contributed by atoms with E-state index in [1.165, 1.54) is 0 Å². The molecule has 0 aliphatic carbocycles. The van der Waals surface area contributed by atoms with Crippen LogP contribution >= 0.6 is 0 Å². The highest BCUT2D eigenvalue weighted by Gasteiger charge is 2.29. The SMILES string of the molecule is CN(C(=O)c1ccccc1)C1CCN(c2ccc(NC(=O)Nc3ccc(Oc4ccccc4)cc3)cc2)C1. The van der Waals surface area contributed by atoms with Crippen molar-refractivity contribution in [2.24, 2.45) is 0 Å². The Morgan fingerprint density at radius 1 is 0.763 bits per heavy atom. The molecule has 5 rings (SSSR count). The van der Waals surface area contributed by atoms with Gasteiger partial charge in [0.15, 0.2) is 0 Å². The third kappa shape index (κ3) is 6.13. The van der Waals surface area contributed by atoms with Crippen LogP contribution in [0.15, 0.2) is 109 Å². The number of hydrogen-bond donors (Lipinski definition) is 2. The number of ether oxygens (including phenoxy) is 1. The maximum absolute atomic E-state index is 12.8. The van der Waals surface area contributed by atoms with Gasteiger partial charge in [0.05, 0.1) is 6.04 Å². The third-order valence-corrected chi connectivity index (χ3v) is 6.63. The van der Waals surface area contributed by atoms with E-state index in [1.807, 2.05) is 109 Å². The molecule has 7 nitrogen and oxygen atoms in total. The molecule has 1 unspecified atom stereocenters. The van der Waals surface area contributed by atoms with Gasteiger partial charge >= 0.3 is 6.03 Å². The first-order valence-corrected chi connectivity index (χ1v) is 12.6. The molecule has 4 aromatic carbocycles. The van der Waals surface area contributed by atoms with E-state index in [2.05, 4.69) is 15.5 Å². The lowest BCUT2D eigenvalue weighted by Gasteiger charge is -2.25. The van der Waals surface area contributed by atoms with Gasteiger partial charge in [-0.3, -0.25) is 4.79 Å². The summed E-state index contributed by atoms with van der Waals surface area (Å²) < 4.78 is 5.79. The van der Waals surface area contributed by atoms with Gasteiger partial charge in [-0.15, -0.1) is 0 Å². The zero-order valence-electron chi connectivity index (χ0n) is 21.2. The first kappa shape index (κ1) is 24.9. The fourth-order valence-electron chi connectivity index (χ4n) is 4.52. The maximum atomic E-state index is 12.8. The highest BCUT2D eigenvalue weighted by Crippen LogP contribution is 2.26. The van der Waals surface area contributed by atoms with Crippen LogP contribution in [0.1, 0.15) is 16.8 Å². The molecule has 0 bridgehead atoms. The second-order valence-corrected chi connectivity index (χ2v) is 9.24. The van der Waals surface area contributed by atoms with Crippen molar-refractivity contribution in [1.82, 2.24) is 4.90 Å². The number of para-hydroxylation sites is 1. The fourth-order valence-corrected chi connectivity index (χ4v) is 4.52. The number of urea groups is 1. The van der Waals surface area contributed by atoms with E-state index in [0.717, 1.165) is 30.9 Å². The Morgan fingerprint density at radius 3 is 1.95 bits per heavy atom. The standard InChI is InChI=1S/C31H30N4O3/c1-34(30(36)23-8-4-2-5-9-23)27-20-21-35(22-27)26-16-12-24(13-17-26)32-31(37)33-25-14-18-29(19-15-25)38-28-10-6-3-7-11-28/h2-19,27H,20-22H2,1H3,(H2,32,33,37). The molecule has 7 heteroatoms. The average molecular weight is 507 g/mol. The molecule has 1 heterocycles. The van der Waals surface area contributed by atoms with Crippen molar-refractivity contribution in [3.8, 4) is 11.5 Å². The molecule has 1 saturated heterocycles. The summed E-state index contributed by atoms with van der Waals surface area (Å²) in [5.74, 6) is 1.49. The minimum absolute atomic E-state index is 0.0429. The summed E-state index contributed by atoms with van der Waals surface area (Å²) in [6, 6.07) is 33.7. The smallest absolute Gasteiger partial charge is 0.323 e. The van der Waals surface area contributed by atoms with Crippen molar-refractivity contribution in [3.05, 3.63) is 115 Å². The van der Waals surface area contributed by atoms with Gasteiger partial charge in [0.25, 0.3) is 5.91 Å². The largest absolute Gasteiger partial charge is 0.457 e. The number of amides is 3. The Bertz CT molecular complexity index is 1360. The molecule has 1 aliphatic rings. The molecule has 0 spiro atoms. The van der Waals surface area contributed by atoms with Crippen molar-refractivity contribution in [1.29, 1.82) is 0 Å². The van der Waals surface area contributed by atoms with Crippen LogP contribution in [0.5, 0.6) is 11.5 Å². The van der Waals surface area contributed by atoms with Gasteiger partial charge < -0.3 is 25.2 Å². The van der Waals surface area contributed by atoms with Crippen LogP contribution in [0, 0.1) is 0 Å². The Balaban J connectivity index is 1.11. The molecule has 2 N–H and O–H groups in total. The number of hydrogen-bond acceptors (Lipinski definition) is 4. The quantitative estimate of drug-likeness (QED) is 0.301. The van der Waals surface area contributed by atoms with Crippen LogP contribution < -0.4 is 20.3 Å². The molecule has 4 aromatic rings. The van der Waals surface area contributed by atoms with Gasteiger partial charge in [0, 0.05) is 42.8 Å². The van der Waals surface area contributed by atoms with Crippen LogP contribution in [0.4, 0.5) is 21.9 Å². The Labute approximate surface area is 222 Å². The first-order valence-electron chi connectivity index (χ1n) is 12.6. The van der Waals surface area contributed by atoms with Crippen LogP contribution in [0.3, 0.4) is 0 Å². The number of benzene rings is 4. The predicted octanol–water partition coefficient (Wildman–Crippen LogP) is 6.47. The molecule has 38 heavy (non-hydrogen) atoms. The molecule has 0 saturated carbocycles. The number of nitrogens with zero attached hydrogens (tertiary/aromatic N) is 2. The van der Waals surface area contributed by atoms with Gasteiger partial charge in [-0.25, -0.2) is 4.79 Å². The van der Waals surface area contributed by atoms with Crippen LogP contribution in [-0.2, 0) is 0 Å². The van der Waals surface area contributed by atoms with Gasteiger partial charge in [0.1, 0.15) is 11.5 Å². The van der Waals surface area contributed by atoms with Crippen LogP contribution in [0.2, 0.25) is 0 Å². The van der Waals surface area contributed by atoms with Crippen molar-refractivity contribution < 1.29 is 14.3 Å². The minimum Gasteiger partial charge on any atom is -0.457 e. The lowest BCUT2D eigenvalue weighted by Crippen LogP contribution is -2.39. The van der Waals surface area contributed by atoms with E-state index in [-0.39, 0.29) is 18.0 Å². The molecule has 1 atom stereocenters. The van der Waals surface area contributed by atoms with Gasteiger partial charge in [-0.1, -0.05) is 36.4 Å². The summed E-state index contributed by atoms with van der Waals surface area (Å²) in [5, 5.41) is 5.71. The summed E-state index contributed by atoms with van der Waals surface area (Å²) in [4.78, 5) is 29.4. The number of anilines is 3. The normalized spacial score (nSPS) is 14.6. The highest BCUT2D eigenvalue weighted by atomic mass is 16.5. The summed E-state index contributed by atoms with van der Waals surface area (Å²) in [7, 11) is 1.87. The van der Waals surface area contributed by atoms with Gasteiger partial charge in [-0.2, -0.15) is 0 Å². The molecule has 1 fully saturated rings. The molecule has 3 amide bonds. The Kier molecular flexibility index (Phi) is 7.54. The number of nitrogens with one attached hydrogen (secondary N) is 2. The lowest BCUT2D eigenvalue weighted by atomic mass is 10.1. The number of rotatable bonds is 7. The van der Waals surface area contributed by atoms with E-state index >= 15 is 0 Å². The molecule has 0 aromatic heterocycles. The molecule has 0 radical (unpaired) electrons. The highest BCUT2D eigenvalue weighted by molar-refractivity contribution is 5.99. The molecule has 1 aliphatic heterocycles. The second-order valence-electron chi connectivity index (χ2n) is 9.24. The average Bonchev–Trinajstić information content (AvgIpc) is 3.45. The Hall–Kier alpha value is -4.78. The number of carbonyl (C=O) groups excluding carboxylic acids is 2. The third-order valence-electron chi connectivity index (χ3n) is 6.63. The maximum Gasteiger partial charge on any atom is 0.323 e. The van der Waals surface area contributed by atoms with Crippen molar-refractivity contribution in [2.75, 3.05) is 35.7 Å². The molecule has 192 valence electrons. The molecular formula is C31H30N4O3. The number of likely N-dealkylation sites (N-methyl/N-ethyl adjacent to an activating group) is 1.